The van der Waals surface area contributed by atoms with E-state index in [1.807, 2.05) is 0 Å². The minimum Gasteiger partial charge on any atom is -0.373 e. The third kappa shape index (κ3) is 12.5. The smallest absolute Gasteiger partial charge is 0.0681 e. The van der Waals surface area contributed by atoms with Crippen LogP contribution in [0.25, 0.3) is 0 Å². The zero-order chi connectivity index (χ0) is 18.8. The molecule has 0 saturated heterocycles. The predicted molar refractivity (Wildman–Crippen MR) is 119 cm³/mol. The van der Waals surface area contributed by atoms with Crippen LogP contribution in [0.1, 0.15) is 128 Å². The van der Waals surface area contributed by atoms with Crippen molar-refractivity contribution < 1.29 is 4.74 Å². The van der Waals surface area contributed by atoms with Gasteiger partial charge in [-0.3, -0.25) is 0 Å². The van der Waals surface area contributed by atoms with Gasteiger partial charge >= 0.3 is 0 Å². The largest absolute Gasteiger partial charge is 0.373 e. The third-order valence-corrected chi connectivity index (χ3v) is 6.34. The molecule has 27 heavy (non-hydrogen) atoms. The fourth-order valence-corrected chi connectivity index (χ4v) is 4.51. The minimum absolute atomic E-state index is 0.872. The average Bonchev–Trinajstić information content (AvgIpc) is 2.65. The van der Waals surface area contributed by atoms with Gasteiger partial charge in [0.1, 0.15) is 0 Å². The van der Waals surface area contributed by atoms with Crippen LogP contribution in [0.5, 0.6) is 0 Å². The van der Waals surface area contributed by atoms with Gasteiger partial charge in [0, 0.05) is 0 Å². The van der Waals surface area contributed by atoms with Crippen LogP contribution in [-0.2, 0) is 4.74 Å². The van der Waals surface area contributed by atoms with E-state index in [-0.39, 0.29) is 0 Å². The van der Waals surface area contributed by atoms with E-state index in [0.717, 1.165) is 13.2 Å². The van der Waals surface area contributed by atoms with Crippen LogP contribution in [0.15, 0.2) is 23.3 Å². The number of ether oxygens (including phenoxy) is 1. The van der Waals surface area contributed by atoms with Crippen molar-refractivity contribution in [3.05, 3.63) is 23.3 Å². The first-order chi connectivity index (χ1) is 13.4. The van der Waals surface area contributed by atoms with Crippen molar-refractivity contribution in [2.45, 2.75) is 128 Å². The van der Waals surface area contributed by atoms with Crippen molar-refractivity contribution in [3.63, 3.8) is 0 Å². The molecule has 1 heteroatoms. The highest BCUT2D eigenvalue weighted by atomic mass is 16.5. The van der Waals surface area contributed by atoms with E-state index in [1.54, 1.807) is 11.1 Å². The lowest BCUT2D eigenvalue weighted by Gasteiger charge is -2.13. The molecule has 1 nitrogen and oxygen atoms in total. The Kier molecular flexibility index (Phi) is 13.8. The summed E-state index contributed by atoms with van der Waals surface area (Å²) in [5, 5.41) is 0. The van der Waals surface area contributed by atoms with Crippen LogP contribution in [-0.4, -0.2) is 13.2 Å². The maximum Gasteiger partial charge on any atom is 0.0681 e. The monoisotopic (exact) mass is 374 g/mol. The van der Waals surface area contributed by atoms with Crippen molar-refractivity contribution in [2.75, 3.05) is 13.2 Å². The Bertz CT molecular complexity index is 368. The molecule has 0 fully saturated rings. The molecule has 0 N–H and O–H groups in total. The molecule has 0 aromatic carbocycles. The Labute approximate surface area is 170 Å². The molecule has 0 unspecified atom stereocenters. The summed E-state index contributed by atoms with van der Waals surface area (Å²) in [5.74, 6) is 0. The average molecular weight is 375 g/mol. The molecule has 0 radical (unpaired) electrons. The summed E-state index contributed by atoms with van der Waals surface area (Å²) in [4.78, 5) is 0. The molecule has 156 valence electrons. The highest BCUT2D eigenvalue weighted by Gasteiger charge is 2.04. The molecule has 2 rings (SSSR count). The minimum atomic E-state index is 0.872. The van der Waals surface area contributed by atoms with Crippen LogP contribution in [0.3, 0.4) is 0 Å². The van der Waals surface area contributed by atoms with E-state index in [0.29, 0.717) is 0 Å². The van der Waals surface area contributed by atoms with Crippen LogP contribution in [0.2, 0.25) is 0 Å². The number of rotatable bonds is 4. The second-order valence-electron chi connectivity index (χ2n) is 8.95. The van der Waals surface area contributed by atoms with E-state index in [4.69, 9.17) is 4.74 Å². The fraction of sp³-hybridized carbons (Fsp3) is 0.846. The number of allylic oxidation sites excluding steroid dienone is 2. The van der Waals surface area contributed by atoms with E-state index < -0.39 is 0 Å². The summed E-state index contributed by atoms with van der Waals surface area (Å²) in [6, 6.07) is 0. The van der Waals surface area contributed by atoms with Gasteiger partial charge in [0.2, 0.25) is 0 Å². The molecular formula is C26H46O. The lowest BCUT2D eigenvalue weighted by molar-refractivity contribution is 0.174. The molecule has 0 saturated carbocycles. The first kappa shape index (κ1) is 22.7. The second-order valence-corrected chi connectivity index (χ2v) is 8.95. The zero-order valence-electron chi connectivity index (χ0n) is 18.1. The first-order valence-electron chi connectivity index (χ1n) is 12.4. The topological polar surface area (TPSA) is 9.23 Å². The molecule has 2 aliphatic carbocycles. The highest BCUT2D eigenvalue weighted by molar-refractivity contribution is 5.05. The maximum atomic E-state index is 6.22. The van der Waals surface area contributed by atoms with Gasteiger partial charge < -0.3 is 4.74 Å². The van der Waals surface area contributed by atoms with Gasteiger partial charge in [-0.05, 0) is 62.5 Å². The standard InChI is InChI=1S/C26H46O/c1-3-7-11-15-19-25(20-16-12-8-4-1)23-27-24-26-21-17-13-9-5-2-6-10-14-18-22-26/h19,21H,1-18,20,22-24H2/b25-19+,26-21?. The molecule has 0 heterocycles. The second kappa shape index (κ2) is 16.4. The predicted octanol–water partition coefficient (Wildman–Crippen LogP) is 8.69. The van der Waals surface area contributed by atoms with Gasteiger partial charge in [0.05, 0.1) is 13.2 Å². The van der Waals surface area contributed by atoms with Gasteiger partial charge in [0.25, 0.3) is 0 Å². The van der Waals surface area contributed by atoms with E-state index in [2.05, 4.69) is 12.2 Å². The summed E-state index contributed by atoms with van der Waals surface area (Å²) in [7, 11) is 0. The zero-order valence-corrected chi connectivity index (χ0v) is 18.1. The Morgan fingerprint density at radius 3 is 1.19 bits per heavy atom. The quantitative estimate of drug-likeness (QED) is 0.447. The molecule has 0 amide bonds. The molecule has 0 aromatic heterocycles. The first-order valence-corrected chi connectivity index (χ1v) is 12.4. The Hall–Kier alpha value is -0.560. The van der Waals surface area contributed by atoms with Crippen molar-refractivity contribution in [1.82, 2.24) is 0 Å². The Morgan fingerprint density at radius 1 is 0.444 bits per heavy atom. The lowest BCUT2D eigenvalue weighted by Crippen LogP contribution is -2.04. The van der Waals surface area contributed by atoms with Gasteiger partial charge in [-0.25, -0.2) is 0 Å². The third-order valence-electron chi connectivity index (χ3n) is 6.34. The van der Waals surface area contributed by atoms with Crippen molar-refractivity contribution in [1.29, 1.82) is 0 Å². The summed E-state index contributed by atoms with van der Waals surface area (Å²) in [5.41, 5.74) is 3.15. The van der Waals surface area contributed by atoms with E-state index in [1.165, 1.54) is 128 Å². The van der Waals surface area contributed by atoms with Crippen LogP contribution >= 0.6 is 0 Å². The molecule has 0 bridgehead atoms. The highest BCUT2D eigenvalue weighted by Crippen LogP contribution is 2.19. The van der Waals surface area contributed by atoms with Gasteiger partial charge in [-0.2, -0.15) is 0 Å². The van der Waals surface area contributed by atoms with Gasteiger partial charge in [-0.15, -0.1) is 0 Å². The molecular weight excluding hydrogens is 328 g/mol. The number of hydrogen-bond donors (Lipinski definition) is 0. The molecule has 0 aromatic rings. The van der Waals surface area contributed by atoms with E-state index in [9.17, 15) is 0 Å². The summed E-state index contributed by atoms with van der Waals surface area (Å²) in [6.45, 7) is 1.74. The summed E-state index contributed by atoms with van der Waals surface area (Å²) >= 11 is 0. The normalized spacial score (nSPS) is 24.9. The Morgan fingerprint density at radius 2 is 0.778 bits per heavy atom. The molecule has 0 atom stereocenters. The summed E-state index contributed by atoms with van der Waals surface area (Å²) < 4.78 is 6.22. The molecule has 0 spiro atoms. The van der Waals surface area contributed by atoms with E-state index >= 15 is 0 Å². The van der Waals surface area contributed by atoms with Crippen LogP contribution in [0.4, 0.5) is 0 Å². The molecule has 0 aliphatic heterocycles. The van der Waals surface area contributed by atoms with Gasteiger partial charge in [-0.1, -0.05) is 89.2 Å². The van der Waals surface area contributed by atoms with Crippen LogP contribution < -0.4 is 0 Å². The van der Waals surface area contributed by atoms with Crippen molar-refractivity contribution in [3.8, 4) is 0 Å². The summed E-state index contributed by atoms with van der Waals surface area (Å²) in [6.07, 6.45) is 32.7. The molecule has 2 aliphatic rings. The number of hydrogen-bond acceptors (Lipinski definition) is 1. The Balaban J connectivity index is 1.73. The van der Waals surface area contributed by atoms with Gasteiger partial charge in [0.15, 0.2) is 0 Å². The lowest BCUT2D eigenvalue weighted by atomic mass is 10.0. The maximum absolute atomic E-state index is 6.22. The van der Waals surface area contributed by atoms with Crippen molar-refractivity contribution >= 4 is 0 Å². The van der Waals surface area contributed by atoms with Crippen LogP contribution in [0, 0.1) is 0 Å². The fourth-order valence-electron chi connectivity index (χ4n) is 4.51. The van der Waals surface area contributed by atoms with Crippen molar-refractivity contribution in [2.24, 2.45) is 0 Å². The SMILES string of the molecule is C1=C(COC/C2=C/CCCCCCCCCC2)CCCCCCCCCC1.